The average molecular weight is 218 g/mol. The van der Waals surface area contributed by atoms with Gasteiger partial charge < -0.3 is 9.47 Å². The van der Waals surface area contributed by atoms with E-state index in [2.05, 4.69) is 0 Å². The maximum atomic E-state index is 12.1. The third-order valence-electron chi connectivity index (χ3n) is 2.36. The van der Waals surface area contributed by atoms with Gasteiger partial charge in [-0.05, 0) is 25.1 Å². The van der Waals surface area contributed by atoms with Gasteiger partial charge in [0.15, 0.2) is 5.76 Å². The molecule has 0 saturated carbocycles. The van der Waals surface area contributed by atoms with Crippen molar-refractivity contribution in [2.45, 2.75) is 13.3 Å². The molecular formula is C13H14O3. The Morgan fingerprint density at radius 1 is 1.44 bits per heavy atom. The van der Waals surface area contributed by atoms with Gasteiger partial charge >= 0.3 is 0 Å². The normalized spacial score (nSPS) is 14.2. The number of hydrogen-bond donors (Lipinski definition) is 0. The largest absolute Gasteiger partial charge is 0.493 e. The van der Waals surface area contributed by atoms with Crippen molar-refractivity contribution in [1.82, 2.24) is 0 Å². The number of carbonyl (C=O) groups is 1. The van der Waals surface area contributed by atoms with Crippen molar-refractivity contribution in [2.75, 3.05) is 13.2 Å². The summed E-state index contributed by atoms with van der Waals surface area (Å²) in [6.45, 7) is 3.04. The van der Waals surface area contributed by atoms with Gasteiger partial charge in [-0.3, -0.25) is 4.79 Å². The highest BCUT2D eigenvalue weighted by Crippen LogP contribution is 2.23. The highest BCUT2D eigenvalue weighted by atomic mass is 16.5. The second kappa shape index (κ2) is 4.84. The fourth-order valence-corrected chi connectivity index (χ4v) is 1.64. The van der Waals surface area contributed by atoms with E-state index < -0.39 is 0 Å². The van der Waals surface area contributed by atoms with Crippen LogP contribution in [0.25, 0.3) is 0 Å². The molecule has 0 amide bonds. The Morgan fingerprint density at radius 2 is 2.25 bits per heavy atom. The summed E-state index contributed by atoms with van der Waals surface area (Å²) >= 11 is 0. The van der Waals surface area contributed by atoms with Crippen molar-refractivity contribution >= 4 is 5.78 Å². The molecule has 84 valence electrons. The quantitative estimate of drug-likeness (QED) is 0.728. The molecule has 0 atom stereocenters. The Bertz CT molecular complexity index is 421. The highest BCUT2D eigenvalue weighted by molar-refractivity contribution is 6.09. The predicted molar refractivity (Wildman–Crippen MR) is 60.6 cm³/mol. The molecule has 3 heteroatoms. The van der Waals surface area contributed by atoms with Gasteiger partial charge in [0.05, 0.1) is 18.8 Å². The fourth-order valence-electron chi connectivity index (χ4n) is 1.64. The molecule has 0 fully saturated rings. The van der Waals surface area contributed by atoms with Crippen molar-refractivity contribution < 1.29 is 14.3 Å². The molecule has 0 N–H and O–H groups in total. The summed E-state index contributed by atoms with van der Waals surface area (Å²) < 4.78 is 10.7. The van der Waals surface area contributed by atoms with E-state index in [1.165, 1.54) is 0 Å². The van der Waals surface area contributed by atoms with E-state index >= 15 is 0 Å². The second-order valence-electron chi connectivity index (χ2n) is 3.46. The van der Waals surface area contributed by atoms with Crippen molar-refractivity contribution in [1.29, 1.82) is 0 Å². The van der Waals surface area contributed by atoms with Gasteiger partial charge in [-0.15, -0.1) is 0 Å². The first-order valence-corrected chi connectivity index (χ1v) is 5.42. The van der Waals surface area contributed by atoms with Crippen LogP contribution in [0.1, 0.15) is 23.7 Å². The molecule has 16 heavy (non-hydrogen) atoms. The van der Waals surface area contributed by atoms with E-state index in [9.17, 15) is 4.79 Å². The van der Waals surface area contributed by atoms with Gasteiger partial charge in [0, 0.05) is 6.42 Å². The molecular weight excluding hydrogens is 204 g/mol. The van der Waals surface area contributed by atoms with Gasteiger partial charge in [0.1, 0.15) is 5.75 Å². The zero-order chi connectivity index (χ0) is 11.4. The fraction of sp³-hybridized carbons (Fsp3) is 0.308. The summed E-state index contributed by atoms with van der Waals surface area (Å²) in [5.41, 5.74) is 0.567. The SMILES string of the molecule is CCOc1ccccc1C(=O)C1=CCCO1. The maximum absolute atomic E-state index is 12.1. The monoisotopic (exact) mass is 218 g/mol. The van der Waals surface area contributed by atoms with Crippen LogP contribution in [0.5, 0.6) is 5.75 Å². The predicted octanol–water partition coefficient (Wildman–Crippen LogP) is 2.57. The number of hydrogen-bond acceptors (Lipinski definition) is 3. The lowest BCUT2D eigenvalue weighted by Crippen LogP contribution is -2.07. The highest BCUT2D eigenvalue weighted by Gasteiger charge is 2.20. The summed E-state index contributed by atoms with van der Waals surface area (Å²) in [6, 6.07) is 7.24. The molecule has 0 spiro atoms. The standard InChI is InChI=1S/C13H14O3/c1-2-15-11-7-4-3-6-10(11)13(14)12-8-5-9-16-12/h3-4,6-8H,2,5,9H2,1H3. The van der Waals surface area contributed by atoms with Gasteiger partial charge in [0.2, 0.25) is 5.78 Å². The lowest BCUT2D eigenvalue weighted by atomic mass is 10.1. The van der Waals surface area contributed by atoms with E-state index in [-0.39, 0.29) is 5.78 Å². The molecule has 1 aliphatic heterocycles. The Hall–Kier alpha value is -1.77. The van der Waals surface area contributed by atoms with E-state index in [0.717, 1.165) is 6.42 Å². The lowest BCUT2D eigenvalue weighted by Gasteiger charge is -2.09. The van der Waals surface area contributed by atoms with Gasteiger partial charge in [0.25, 0.3) is 0 Å². The van der Waals surface area contributed by atoms with Crippen molar-refractivity contribution in [3.05, 3.63) is 41.7 Å². The number of ketones is 1. The number of ether oxygens (including phenoxy) is 2. The van der Waals surface area contributed by atoms with Crippen molar-refractivity contribution in [2.24, 2.45) is 0 Å². The van der Waals surface area contributed by atoms with Crippen LogP contribution < -0.4 is 4.74 Å². The summed E-state index contributed by atoms with van der Waals surface area (Å²) in [7, 11) is 0. The van der Waals surface area contributed by atoms with Crippen molar-refractivity contribution in [3.63, 3.8) is 0 Å². The summed E-state index contributed by atoms with van der Waals surface area (Å²) in [4.78, 5) is 12.1. The minimum atomic E-state index is -0.0958. The van der Waals surface area contributed by atoms with Gasteiger partial charge in [-0.1, -0.05) is 12.1 Å². The molecule has 0 unspecified atom stereocenters. The number of Topliss-reactive ketones (excluding diaryl/α,β-unsaturated/α-hetero) is 1. The molecule has 0 saturated heterocycles. The number of carbonyl (C=O) groups excluding carboxylic acids is 1. The Morgan fingerprint density at radius 3 is 2.94 bits per heavy atom. The van der Waals surface area contributed by atoms with Crippen molar-refractivity contribution in [3.8, 4) is 5.75 Å². The van der Waals surface area contributed by atoms with Crippen LogP contribution in [0.4, 0.5) is 0 Å². The van der Waals surface area contributed by atoms with Crippen LogP contribution in [0.2, 0.25) is 0 Å². The van der Waals surface area contributed by atoms with Crippen LogP contribution in [0, 0.1) is 0 Å². The molecule has 2 rings (SSSR count). The first-order chi connectivity index (χ1) is 7.83. The molecule has 0 aliphatic carbocycles. The number of benzene rings is 1. The maximum Gasteiger partial charge on any atom is 0.230 e. The van der Waals surface area contributed by atoms with Gasteiger partial charge in [-0.25, -0.2) is 0 Å². The van der Waals surface area contributed by atoms with E-state index in [1.54, 1.807) is 12.1 Å². The second-order valence-corrected chi connectivity index (χ2v) is 3.46. The Labute approximate surface area is 94.7 Å². The van der Waals surface area contributed by atoms with Crippen LogP contribution in [0.3, 0.4) is 0 Å². The summed E-state index contributed by atoms with van der Waals surface area (Å²) in [6.07, 6.45) is 2.63. The zero-order valence-electron chi connectivity index (χ0n) is 9.23. The third kappa shape index (κ3) is 2.08. The Kier molecular flexibility index (Phi) is 3.25. The third-order valence-corrected chi connectivity index (χ3v) is 2.36. The summed E-state index contributed by atoms with van der Waals surface area (Å²) in [5, 5.41) is 0. The number of allylic oxidation sites excluding steroid dienone is 1. The molecule has 1 aromatic rings. The average Bonchev–Trinajstić information content (AvgIpc) is 2.83. The number of para-hydroxylation sites is 1. The molecule has 1 aliphatic rings. The minimum absolute atomic E-state index is 0.0958. The number of rotatable bonds is 4. The molecule has 0 bridgehead atoms. The van der Waals surface area contributed by atoms with Gasteiger partial charge in [-0.2, -0.15) is 0 Å². The van der Waals surface area contributed by atoms with E-state index in [1.807, 2.05) is 25.1 Å². The van der Waals surface area contributed by atoms with Crippen LogP contribution >= 0.6 is 0 Å². The smallest absolute Gasteiger partial charge is 0.230 e. The van der Waals surface area contributed by atoms with Crippen LogP contribution in [-0.2, 0) is 4.74 Å². The van der Waals surface area contributed by atoms with Crippen LogP contribution in [-0.4, -0.2) is 19.0 Å². The molecule has 3 nitrogen and oxygen atoms in total. The van der Waals surface area contributed by atoms with E-state index in [0.29, 0.717) is 30.3 Å². The molecule has 1 heterocycles. The zero-order valence-corrected chi connectivity index (χ0v) is 9.23. The molecule has 0 aromatic heterocycles. The molecule has 1 aromatic carbocycles. The minimum Gasteiger partial charge on any atom is -0.493 e. The van der Waals surface area contributed by atoms with E-state index in [4.69, 9.17) is 9.47 Å². The first kappa shape index (κ1) is 10.7. The lowest BCUT2D eigenvalue weighted by molar-refractivity contribution is 0.0938. The molecule has 0 radical (unpaired) electrons. The Balaban J connectivity index is 2.28. The first-order valence-electron chi connectivity index (χ1n) is 5.42. The topological polar surface area (TPSA) is 35.5 Å². The summed E-state index contributed by atoms with van der Waals surface area (Å²) in [5.74, 6) is 0.958. The van der Waals surface area contributed by atoms with Crippen LogP contribution in [0.15, 0.2) is 36.1 Å².